The number of benzene rings is 9. The van der Waals surface area contributed by atoms with Crippen LogP contribution >= 0.6 is 0 Å². The molecule has 0 fully saturated rings. The first-order valence-electron chi connectivity index (χ1n) is 20.1. The van der Waals surface area contributed by atoms with E-state index in [1.54, 1.807) is 0 Å². The number of rotatable bonds is 4. The monoisotopic (exact) mass is 751 g/mol. The van der Waals surface area contributed by atoms with Crippen LogP contribution in [0.3, 0.4) is 0 Å². The minimum absolute atomic E-state index is 0.861. The Morgan fingerprint density at radius 1 is 0.339 bits per heavy atom. The Morgan fingerprint density at radius 3 is 1.44 bits per heavy atom. The van der Waals surface area contributed by atoms with Crippen molar-refractivity contribution < 1.29 is 4.42 Å². The molecule has 0 aliphatic rings. The van der Waals surface area contributed by atoms with E-state index >= 15 is 0 Å². The molecule has 0 saturated carbocycles. The van der Waals surface area contributed by atoms with Gasteiger partial charge < -0.3 is 13.6 Å². The van der Waals surface area contributed by atoms with Crippen molar-refractivity contribution in [2.45, 2.75) is 0 Å². The largest absolute Gasteiger partial charge is 0.455 e. The van der Waals surface area contributed by atoms with E-state index in [1.165, 1.54) is 43.6 Å². The molecule has 274 valence electrons. The average molecular weight is 752 g/mol. The smallest absolute Gasteiger partial charge is 0.144 e. The molecule has 0 radical (unpaired) electrons. The first-order valence-corrected chi connectivity index (χ1v) is 20.1. The summed E-state index contributed by atoms with van der Waals surface area (Å²) < 4.78 is 11.7. The first kappa shape index (κ1) is 32.2. The van der Waals surface area contributed by atoms with E-state index in [2.05, 4.69) is 203 Å². The fourth-order valence-corrected chi connectivity index (χ4v) is 9.69. The standard InChI is InChI=1S/C55H33N3O/c1-2-14-34(15-3-1)54-45-28-27-43-46-32-35(26-29-52(46)59-55(43)53(45)44-20-4-9-21-47(44)56-54)36-30-37(57-48-22-10-5-16-39(48)40-17-6-11-23-49(40)57)33-38(31-36)58-50-24-12-7-18-41(50)42-19-8-13-25-51(42)58/h1-33H. The van der Waals surface area contributed by atoms with Crippen LogP contribution in [0.1, 0.15) is 0 Å². The summed E-state index contributed by atoms with van der Waals surface area (Å²) in [5.41, 5.74) is 13.9. The molecule has 4 heteroatoms. The summed E-state index contributed by atoms with van der Waals surface area (Å²) in [6.07, 6.45) is 0. The third-order valence-corrected chi connectivity index (χ3v) is 12.3. The lowest BCUT2D eigenvalue weighted by molar-refractivity contribution is 0.673. The number of aromatic nitrogens is 3. The van der Waals surface area contributed by atoms with Crippen molar-refractivity contribution in [2.75, 3.05) is 0 Å². The Morgan fingerprint density at radius 2 is 0.847 bits per heavy atom. The van der Waals surface area contributed by atoms with Crippen LogP contribution in [-0.4, -0.2) is 14.1 Å². The van der Waals surface area contributed by atoms with Gasteiger partial charge in [0.05, 0.1) is 33.3 Å². The zero-order chi connectivity index (χ0) is 38.6. The van der Waals surface area contributed by atoms with E-state index in [1.807, 2.05) is 6.07 Å². The van der Waals surface area contributed by atoms with Gasteiger partial charge in [-0.05, 0) is 77.9 Å². The van der Waals surface area contributed by atoms with Crippen LogP contribution in [-0.2, 0) is 0 Å². The summed E-state index contributed by atoms with van der Waals surface area (Å²) in [6.45, 7) is 0. The van der Waals surface area contributed by atoms with Crippen LogP contribution in [0.4, 0.5) is 0 Å². The number of para-hydroxylation sites is 5. The zero-order valence-electron chi connectivity index (χ0n) is 31.8. The van der Waals surface area contributed by atoms with E-state index in [-0.39, 0.29) is 0 Å². The normalized spacial score (nSPS) is 12.1. The molecule has 0 aliphatic carbocycles. The van der Waals surface area contributed by atoms with Crippen molar-refractivity contribution in [2.24, 2.45) is 0 Å². The van der Waals surface area contributed by atoms with Crippen molar-refractivity contribution in [1.82, 2.24) is 14.1 Å². The molecule has 4 aromatic heterocycles. The Bertz CT molecular complexity index is 3610. The number of hydrogen-bond acceptors (Lipinski definition) is 2. The van der Waals surface area contributed by atoms with Gasteiger partial charge >= 0.3 is 0 Å². The van der Waals surface area contributed by atoms with Crippen molar-refractivity contribution in [3.05, 3.63) is 200 Å². The van der Waals surface area contributed by atoms with Gasteiger partial charge in [0.25, 0.3) is 0 Å². The van der Waals surface area contributed by atoms with Gasteiger partial charge in [0.15, 0.2) is 0 Å². The lowest BCUT2D eigenvalue weighted by atomic mass is 9.97. The molecule has 0 atom stereocenters. The highest BCUT2D eigenvalue weighted by atomic mass is 16.3. The van der Waals surface area contributed by atoms with Gasteiger partial charge in [-0.25, -0.2) is 4.98 Å². The predicted octanol–water partition coefficient (Wildman–Crippen LogP) is 14.8. The van der Waals surface area contributed by atoms with Crippen LogP contribution in [0.25, 0.3) is 121 Å². The van der Waals surface area contributed by atoms with Gasteiger partial charge in [-0.3, -0.25) is 0 Å². The van der Waals surface area contributed by atoms with Gasteiger partial charge in [-0.15, -0.1) is 0 Å². The molecule has 0 spiro atoms. The second-order valence-electron chi connectivity index (χ2n) is 15.5. The van der Waals surface area contributed by atoms with Gasteiger partial charge in [-0.1, -0.05) is 133 Å². The maximum absolute atomic E-state index is 6.88. The first-order chi connectivity index (χ1) is 29.3. The number of fused-ring (bicyclic) bond motifs is 13. The van der Waals surface area contributed by atoms with Crippen molar-refractivity contribution >= 4 is 87.2 Å². The third-order valence-electron chi connectivity index (χ3n) is 12.3. The molecule has 0 saturated heterocycles. The molecule has 13 aromatic rings. The highest BCUT2D eigenvalue weighted by Gasteiger charge is 2.20. The van der Waals surface area contributed by atoms with Crippen molar-refractivity contribution in [3.8, 4) is 33.8 Å². The molecule has 0 aliphatic heterocycles. The number of furan rings is 1. The Hall–Kier alpha value is -7.95. The van der Waals surface area contributed by atoms with Crippen LogP contribution in [0, 0.1) is 0 Å². The lowest BCUT2D eigenvalue weighted by Crippen LogP contribution is -2.00. The van der Waals surface area contributed by atoms with Gasteiger partial charge in [-0.2, -0.15) is 0 Å². The molecular formula is C55H33N3O. The summed E-state index contributed by atoms with van der Waals surface area (Å²) in [4.78, 5) is 5.18. The molecule has 0 amide bonds. The fraction of sp³-hybridized carbons (Fsp3) is 0. The van der Waals surface area contributed by atoms with Crippen LogP contribution < -0.4 is 0 Å². The highest BCUT2D eigenvalue weighted by molar-refractivity contribution is 6.25. The molecule has 0 N–H and O–H groups in total. The van der Waals surface area contributed by atoms with Crippen LogP contribution in [0.15, 0.2) is 205 Å². The second-order valence-corrected chi connectivity index (χ2v) is 15.5. The Kier molecular flexibility index (Phi) is 6.69. The second kappa shape index (κ2) is 12.3. The van der Waals surface area contributed by atoms with Gasteiger partial charge in [0.1, 0.15) is 11.2 Å². The summed E-state index contributed by atoms with van der Waals surface area (Å²) in [5, 5.41) is 10.4. The quantitative estimate of drug-likeness (QED) is 0.168. The fourth-order valence-electron chi connectivity index (χ4n) is 9.69. The number of nitrogens with zero attached hydrogens (tertiary/aromatic N) is 3. The van der Waals surface area contributed by atoms with Gasteiger partial charge in [0.2, 0.25) is 0 Å². The molecule has 13 rings (SSSR count). The van der Waals surface area contributed by atoms with Crippen molar-refractivity contribution in [3.63, 3.8) is 0 Å². The molecule has 9 aromatic carbocycles. The predicted molar refractivity (Wildman–Crippen MR) is 246 cm³/mol. The molecular weight excluding hydrogens is 719 g/mol. The molecule has 4 nitrogen and oxygen atoms in total. The minimum Gasteiger partial charge on any atom is -0.455 e. The SMILES string of the molecule is c1ccc(-c2nc3ccccc3c3c2ccc2c4cc(-c5cc(-n6c7ccccc7c7ccccc76)cc(-n6c7ccccc7c7ccccc76)c5)ccc4oc23)cc1. The average Bonchev–Trinajstić information content (AvgIpc) is 3.96. The third kappa shape index (κ3) is 4.69. The van der Waals surface area contributed by atoms with Crippen molar-refractivity contribution in [1.29, 1.82) is 0 Å². The lowest BCUT2D eigenvalue weighted by Gasteiger charge is -2.16. The summed E-state index contributed by atoms with van der Waals surface area (Å²) in [5.74, 6) is 0. The van der Waals surface area contributed by atoms with E-state index in [9.17, 15) is 0 Å². The van der Waals surface area contributed by atoms with E-state index in [4.69, 9.17) is 9.40 Å². The maximum atomic E-state index is 6.88. The molecule has 0 unspecified atom stereocenters. The number of pyridine rings is 1. The zero-order valence-corrected chi connectivity index (χ0v) is 31.8. The maximum Gasteiger partial charge on any atom is 0.144 e. The minimum atomic E-state index is 0.861. The molecule has 59 heavy (non-hydrogen) atoms. The Labute approximate surface area is 338 Å². The highest BCUT2D eigenvalue weighted by Crippen LogP contribution is 2.43. The van der Waals surface area contributed by atoms with E-state index in [0.717, 1.165) is 77.4 Å². The summed E-state index contributed by atoms with van der Waals surface area (Å²) >= 11 is 0. The summed E-state index contributed by atoms with van der Waals surface area (Å²) in [7, 11) is 0. The topological polar surface area (TPSA) is 35.9 Å². The molecule has 0 bridgehead atoms. The summed E-state index contributed by atoms with van der Waals surface area (Å²) in [6, 6.07) is 72.0. The van der Waals surface area contributed by atoms with Crippen LogP contribution in [0.5, 0.6) is 0 Å². The Balaban J connectivity index is 1.09. The number of hydrogen-bond donors (Lipinski definition) is 0. The van der Waals surface area contributed by atoms with Crippen LogP contribution in [0.2, 0.25) is 0 Å². The molecule has 4 heterocycles. The van der Waals surface area contributed by atoms with E-state index < -0.39 is 0 Å². The van der Waals surface area contributed by atoms with E-state index in [0.29, 0.717) is 0 Å². The van der Waals surface area contributed by atoms with Gasteiger partial charge in [0, 0.05) is 65.4 Å².